The number of rotatable bonds is 2. The predicted octanol–water partition coefficient (Wildman–Crippen LogP) is 2.58. The lowest BCUT2D eigenvalue weighted by Crippen LogP contribution is -1.99. The van der Waals surface area contributed by atoms with Crippen LogP contribution in [-0.4, -0.2) is 34.0 Å². The van der Waals surface area contributed by atoms with Gasteiger partial charge in [0.05, 0.1) is 0 Å². The van der Waals surface area contributed by atoms with Crippen LogP contribution in [0.5, 0.6) is 0 Å². The third-order valence-corrected chi connectivity index (χ3v) is 2.94. The van der Waals surface area contributed by atoms with Crippen molar-refractivity contribution in [1.82, 2.24) is 19.9 Å². The Morgan fingerprint density at radius 1 is 0.800 bits per heavy atom. The molecule has 0 unspecified atom stereocenters. The van der Waals surface area contributed by atoms with Gasteiger partial charge in [-0.05, 0) is 0 Å². The number of nitrogens with one attached hydrogen (secondary N) is 2. The van der Waals surface area contributed by atoms with E-state index in [1.54, 1.807) is 14.1 Å². The lowest BCUT2D eigenvalue weighted by Gasteiger charge is -2.02. The largest absolute Gasteiger partial charge is 0.383 e. The molecule has 0 aromatic carbocycles. The van der Waals surface area contributed by atoms with Gasteiger partial charge in [0.15, 0.2) is 21.3 Å². The van der Waals surface area contributed by atoms with Crippen molar-refractivity contribution in [2.45, 2.75) is 0 Å². The summed E-state index contributed by atoms with van der Waals surface area (Å²) in [5.41, 5.74) is 6.57. The fourth-order valence-corrected chi connectivity index (χ4v) is 1.90. The van der Waals surface area contributed by atoms with E-state index in [0.29, 0.717) is 32.7 Å². The second kappa shape index (κ2) is 7.88. The SMILES string of the molecule is CNc1c(Cl)ncnc1Cl.CNc1c(N)ncnc1Cl. The standard InChI is InChI=1S/C5H5Cl2N3.C5H7ClN4/c2*1-8-3-4(6)9-2-10-5(3)7/h2,8H,1H3;2,8H,1H3,(H2,7,9,10). The van der Waals surface area contributed by atoms with Crippen molar-refractivity contribution in [3.63, 3.8) is 0 Å². The van der Waals surface area contributed by atoms with Crippen molar-refractivity contribution in [2.75, 3.05) is 30.5 Å². The summed E-state index contributed by atoms with van der Waals surface area (Å²) in [5.74, 6) is 0.363. The smallest absolute Gasteiger partial charge is 0.157 e. The third kappa shape index (κ3) is 4.22. The molecule has 4 N–H and O–H groups in total. The Hall–Kier alpha value is -1.57. The zero-order chi connectivity index (χ0) is 15.1. The Morgan fingerprint density at radius 3 is 1.50 bits per heavy atom. The van der Waals surface area contributed by atoms with Gasteiger partial charge in [0.1, 0.15) is 24.0 Å². The number of nitrogens with zero attached hydrogens (tertiary/aromatic N) is 4. The highest BCUT2D eigenvalue weighted by Crippen LogP contribution is 2.24. The van der Waals surface area contributed by atoms with E-state index < -0.39 is 0 Å². The summed E-state index contributed by atoms with van der Waals surface area (Å²) < 4.78 is 0. The van der Waals surface area contributed by atoms with Crippen LogP contribution in [0, 0.1) is 0 Å². The lowest BCUT2D eigenvalue weighted by molar-refractivity contribution is 1.16. The molecule has 0 atom stereocenters. The first-order valence-corrected chi connectivity index (χ1v) is 6.42. The third-order valence-electron chi connectivity index (χ3n) is 2.09. The fourth-order valence-electron chi connectivity index (χ4n) is 1.16. The Labute approximate surface area is 130 Å². The van der Waals surface area contributed by atoms with Gasteiger partial charge in [-0.25, -0.2) is 19.9 Å². The highest BCUT2D eigenvalue weighted by Gasteiger charge is 2.03. The van der Waals surface area contributed by atoms with E-state index in [2.05, 4.69) is 30.6 Å². The van der Waals surface area contributed by atoms with Crippen LogP contribution in [0.1, 0.15) is 0 Å². The zero-order valence-corrected chi connectivity index (χ0v) is 12.9. The monoisotopic (exact) mass is 335 g/mol. The molecule has 0 spiro atoms. The average molecular weight is 337 g/mol. The van der Waals surface area contributed by atoms with E-state index in [0.717, 1.165) is 0 Å². The van der Waals surface area contributed by atoms with Crippen molar-refractivity contribution < 1.29 is 0 Å². The van der Waals surface area contributed by atoms with E-state index in [9.17, 15) is 0 Å². The van der Waals surface area contributed by atoms with Crippen LogP contribution in [-0.2, 0) is 0 Å². The van der Waals surface area contributed by atoms with Crippen LogP contribution in [0.25, 0.3) is 0 Å². The molecule has 10 heteroatoms. The normalized spacial score (nSPS) is 9.45. The number of hydrogen-bond acceptors (Lipinski definition) is 7. The molecule has 0 aliphatic carbocycles. The van der Waals surface area contributed by atoms with Gasteiger partial charge >= 0.3 is 0 Å². The molecule has 2 rings (SSSR count). The molecule has 0 bridgehead atoms. The zero-order valence-electron chi connectivity index (χ0n) is 10.7. The highest BCUT2D eigenvalue weighted by atomic mass is 35.5. The van der Waals surface area contributed by atoms with E-state index in [4.69, 9.17) is 40.5 Å². The van der Waals surface area contributed by atoms with E-state index in [1.165, 1.54) is 12.7 Å². The maximum Gasteiger partial charge on any atom is 0.157 e. The van der Waals surface area contributed by atoms with Crippen molar-refractivity contribution in [2.24, 2.45) is 0 Å². The Balaban J connectivity index is 0.000000200. The molecule has 108 valence electrons. The van der Waals surface area contributed by atoms with Gasteiger partial charge in [-0.2, -0.15) is 0 Å². The second-order valence-corrected chi connectivity index (χ2v) is 4.33. The summed E-state index contributed by atoms with van der Waals surface area (Å²) in [7, 11) is 3.41. The predicted molar refractivity (Wildman–Crippen MR) is 82.6 cm³/mol. The molecule has 20 heavy (non-hydrogen) atoms. The first kappa shape index (κ1) is 16.5. The van der Waals surface area contributed by atoms with Crippen LogP contribution < -0.4 is 16.4 Å². The summed E-state index contributed by atoms with van der Waals surface area (Å²) in [4.78, 5) is 14.9. The van der Waals surface area contributed by atoms with Gasteiger partial charge in [0, 0.05) is 14.1 Å². The Kier molecular flexibility index (Phi) is 6.50. The quantitative estimate of drug-likeness (QED) is 0.724. The molecule has 0 aliphatic rings. The minimum absolute atomic E-state index is 0.336. The molecule has 0 saturated heterocycles. The van der Waals surface area contributed by atoms with E-state index >= 15 is 0 Å². The molecule has 7 nitrogen and oxygen atoms in total. The van der Waals surface area contributed by atoms with E-state index in [-0.39, 0.29) is 0 Å². The molecule has 0 aliphatic heterocycles. The van der Waals surface area contributed by atoms with Gasteiger partial charge in [-0.3, -0.25) is 0 Å². The van der Waals surface area contributed by atoms with Crippen LogP contribution in [0.2, 0.25) is 15.5 Å². The maximum atomic E-state index is 5.64. The van der Waals surface area contributed by atoms with Crippen molar-refractivity contribution >= 4 is 52.0 Å². The maximum absolute atomic E-state index is 5.64. The highest BCUT2D eigenvalue weighted by molar-refractivity contribution is 6.37. The summed E-state index contributed by atoms with van der Waals surface area (Å²) in [6.45, 7) is 0. The molecule has 0 amide bonds. The molecular formula is C10H12Cl3N7. The lowest BCUT2D eigenvalue weighted by atomic mass is 10.5. The number of aromatic nitrogens is 4. The number of nitrogens with two attached hydrogens (primary N) is 1. The summed E-state index contributed by atoms with van der Waals surface area (Å²) >= 11 is 16.9. The second-order valence-electron chi connectivity index (χ2n) is 3.26. The first-order valence-electron chi connectivity index (χ1n) is 5.28. The van der Waals surface area contributed by atoms with Crippen LogP contribution >= 0.6 is 34.8 Å². The molecule has 0 radical (unpaired) electrons. The van der Waals surface area contributed by atoms with Gasteiger partial charge in [-0.15, -0.1) is 0 Å². The fraction of sp³-hybridized carbons (Fsp3) is 0.200. The summed E-state index contributed by atoms with van der Waals surface area (Å²) in [6, 6.07) is 0. The van der Waals surface area contributed by atoms with Crippen LogP contribution in [0.4, 0.5) is 17.2 Å². The Morgan fingerprint density at radius 2 is 1.20 bits per heavy atom. The molecule has 2 aromatic rings. The molecule has 0 fully saturated rings. The number of anilines is 3. The molecule has 2 heterocycles. The van der Waals surface area contributed by atoms with Gasteiger partial charge in [0.2, 0.25) is 0 Å². The minimum atomic E-state index is 0.336. The van der Waals surface area contributed by atoms with Crippen molar-refractivity contribution in [3.05, 3.63) is 28.1 Å². The molecule has 0 saturated carbocycles. The first-order chi connectivity index (χ1) is 9.51. The van der Waals surface area contributed by atoms with Crippen molar-refractivity contribution in [3.8, 4) is 0 Å². The minimum Gasteiger partial charge on any atom is -0.383 e. The topological polar surface area (TPSA) is 102 Å². The van der Waals surface area contributed by atoms with Gasteiger partial charge in [-0.1, -0.05) is 34.8 Å². The van der Waals surface area contributed by atoms with Crippen LogP contribution in [0.3, 0.4) is 0 Å². The van der Waals surface area contributed by atoms with Crippen molar-refractivity contribution in [1.29, 1.82) is 0 Å². The number of nitrogen functional groups attached to an aromatic ring is 1. The average Bonchev–Trinajstić information content (AvgIpc) is 2.40. The van der Waals surface area contributed by atoms with Crippen LogP contribution in [0.15, 0.2) is 12.7 Å². The molecular weight excluding hydrogens is 325 g/mol. The summed E-state index contributed by atoms with van der Waals surface area (Å²) in [5, 5.41) is 6.57. The summed E-state index contributed by atoms with van der Waals surface area (Å²) in [6.07, 6.45) is 2.63. The number of halogens is 3. The Bertz CT molecular complexity index is 487. The number of hydrogen-bond donors (Lipinski definition) is 3. The van der Waals surface area contributed by atoms with E-state index in [1.807, 2.05) is 0 Å². The van der Waals surface area contributed by atoms with Gasteiger partial charge < -0.3 is 16.4 Å². The molecule has 2 aromatic heterocycles. The van der Waals surface area contributed by atoms with Gasteiger partial charge in [0.25, 0.3) is 0 Å².